The number of nitrogens with zero attached hydrogens (tertiary/aromatic N) is 5. The smallest absolute Gasteiger partial charge is 0.164 e. The van der Waals surface area contributed by atoms with E-state index in [1.54, 1.807) is 9.25 Å². The highest BCUT2D eigenvalue weighted by atomic mass is 16.3. The highest BCUT2D eigenvalue weighted by molar-refractivity contribution is 5.20. The van der Waals surface area contributed by atoms with Crippen LogP contribution in [-0.4, -0.2) is 29.7 Å². The zero-order valence-corrected chi connectivity index (χ0v) is 7.83. The standard InChI is InChI=1S/C8H11N5O/c1-2-12-4-3-7(11-12)13-6-9-10-8(13)5-14/h3-4,6,14H,2,5H2,1H3. The minimum absolute atomic E-state index is 0.140. The maximum atomic E-state index is 8.97. The molecule has 0 aliphatic rings. The molecule has 74 valence electrons. The summed E-state index contributed by atoms with van der Waals surface area (Å²) in [6.45, 7) is 2.69. The molecule has 2 aromatic heterocycles. The van der Waals surface area contributed by atoms with E-state index in [4.69, 9.17) is 5.11 Å². The summed E-state index contributed by atoms with van der Waals surface area (Å²) < 4.78 is 3.46. The summed E-state index contributed by atoms with van der Waals surface area (Å²) >= 11 is 0. The lowest BCUT2D eigenvalue weighted by molar-refractivity contribution is 0.268. The third kappa shape index (κ3) is 1.39. The summed E-state index contributed by atoms with van der Waals surface area (Å²) in [6.07, 6.45) is 3.41. The summed E-state index contributed by atoms with van der Waals surface area (Å²) in [5.41, 5.74) is 0. The molecule has 0 aliphatic heterocycles. The lowest BCUT2D eigenvalue weighted by Crippen LogP contribution is -2.02. The lowest BCUT2D eigenvalue weighted by Gasteiger charge is -1.99. The van der Waals surface area contributed by atoms with Crippen molar-refractivity contribution in [3.63, 3.8) is 0 Å². The third-order valence-corrected chi connectivity index (χ3v) is 1.96. The summed E-state index contributed by atoms with van der Waals surface area (Å²) in [5.74, 6) is 1.22. The van der Waals surface area contributed by atoms with Gasteiger partial charge in [0.05, 0.1) is 0 Å². The van der Waals surface area contributed by atoms with Gasteiger partial charge in [0.25, 0.3) is 0 Å². The van der Waals surface area contributed by atoms with E-state index in [0.717, 1.165) is 12.4 Å². The van der Waals surface area contributed by atoms with Crippen molar-refractivity contribution < 1.29 is 5.11 Å². The normalized spacial score (nSPS) is 10.7. The Kier molecular flexibility index (Phi) is 2.28. The number of rotatable bonds is 3. The fourth-order valence-electron chi connectivity index (χ4n) is 1.21. The monoisotopic (exact) mass is 193 g/mol. The van der Waals surface area contributed by atoms with Crippen molar-refractivity contribution in [2.45, 2.75) is 20.1 Å². The molecular formula is C8H11N5O. The van der Waals surface area contributed by atoms with Gasteiger partial charge in [-0.15, -0.1) is 10.2 Å². The first-order valence-corrected chi connectivity index (χ1v) is 4.38. The third-order valence-electron chi connectivity index (χ3n) is 1.96. The first-order chi connectivity index (χ1) is 6.85. The molecule has 0 fully saturated rings. The topological polar surface area (TPSA) is 68.8 Å². The van der Waals surface area contributed by atoms with Crippen LogP contribution in [0.1, 0.15) is 12.7 Å². The fraction of sp³-hybridized carbons (Fsp3) is 0.375. The first kappa shape index (κ1) is 8.89. The molecule has 0 atom stereocenters. The Morgan fingerprint density at radius 2 is 2.36 bits per heavy atom. The van der Waals surface area contributed by atoms with Gasteiger partial charge in [-0.1, -0.05) is 0 Å². The minimum Gasteiger partial charge on any atom is -0.388 e. The van der Waals surface area contributed by atoms with Crippen LogP contribution in [0.5, 0.6) is 0 Å². The molecule has 0 spiro atoms. The molecule has 2 heterocycles. The highest BCUT2D eigenvalue weighted by Crippen LogP contribution is 2.06. The van der Waals surface area contributed by atoms with Gasteiger partial charge in [-0.2, -0.15) is 5.10 Å². The average Bonchev–Trinajstić information content (AvgIpc) is 2.85. The van der Waals surface area contributed by atoms with Crippen molar-refractivity contribution in [2.24, 2.45) is 0 Å². The molecule has 6 nitrogen and oxygen atoms in total. The molecule has 0 saturated carbocycles. The molecular weight excluding hydrogens is 182 g/mol. The lowest BCUT2D eigenvalue weighted by atomic mass is 10.5. The van der Waals surface area contributed by atoms with Crippen molar-refractivity contribution in [2.75, 3.05) is 0 Å². The second-order valence-corrected chi connectivity index (χ2v) is 2.80. The highest BCUT2D eigenvalue weighted by Gasteiger charge is 2.06. The molecule has 0 unspecified atom stereocenters. The summed E-state index contributed by atoms with van der Waals surface area (Å²) in [4.78, 5) is 0. The van der Waals surface area contributed by atoms with E-state index < -0.39 is 0 Å². The number of aromatic nitrogens is 5. The Morgan fingerprint density at radius 3 is 3.00 bits per heavy atom. The van der Waals surface area contributed by atoms with E-state index in [2.05, 4.69) is 15.3 Å². The van der Waals surface area contributed by atoms with E-state index >= 15 is 0 Å². The number of hydrogen-bond donors (Lipinski definition) is 1. The second kappa shape index (κ2) is 3.59. The van der Waals surface area contributed by atoms with Crippen LogP contribution in [0.15, 0.2) is 18.6 Å². The van der Waals surface area contributed by atoms with Crippen molar-refractivity contribution in [1.29, 1.82) is 0 Å². The Hall–Kier alpha value is -1.69. The van der Waals surface area contributed by atoms with Gasteiger partial charge in [0.2, 0.25) is 0 Å². The molecule has 0 saturated heterocycles. The van der Waals surface area contributed by atoms with Crippen molar-refractivity contribution in [1.82, 2.24) is 24.5 Å². The summed E-state index contributed by atoms with van der Waals surface area (Å²) in [6, 6.07) is 1.85. The van der Waals surface area contributed by atoms with Crippen LogP contribution in [0.2, 0.25) is 0 Å². The summed E-state index contributed by atoms with van der Waals surface area (Å²) in [7, 11) is 0. The molecule has 0 amide bonds. The SMILES string of the molecule is CCn1ccc(-n2cnnc2CO)n1. The number of aryl methyl sites for hydroxylation is 1. The molecule has 6 heteroatoms. The Morgan fingerprint density at radius 1 is 1.50 bits per heavy atom. The van der Waals surface area contributed by atoms with Crippen LogP contribution < -0.4 is 0 Å². The molecule has 2 rings (SSSR count). The molecule has 2 aromatic rings. The minimum atomic E-state index is -0.140. The Bertz CT molecular complexity index is 419. The van der Waals surface area contributed by atoms with Gasteiger partial charge in [-0.3, -0.25) is 9.25 Å². The van der Waals surface area contributed by atoms with Gasteiger partial charge in [0, 0.05) is 18.8 Å². The Balaban J connectivity index is 2.38. The average molecular weight is 193 g/mol. The largest absolute Gasteiger partial charge is 0.388 e. The predicted molar refractivity (Wildman–Crippen MR) is 48.7 cm³/mol. The van der Waals surface area contributed by atoms with Crippen LogP contribution in [0.25, 0.3) is 5.82 Å². The molecule has 0 aromatic carbocycles. The number of aliphatic hydroxyl groups is 1. The van der Waals surface area contributed by atoms with E-state index in [0.29, 0.717) is 5.82 Å². The van der Waals surface area contributed by atoms with E-state index in [1.165, 1.54) is 6.33 Å². The first-order valence-electron chi connectivity index (χ1n) is 4.38. The number of hydrogen-bond acceptors (Lipinski definition) is 4. The number of aliphatic hydroxyl groups excluding tert-OH is 1. The van der Waals surface area contributed by atoms with Crippen molar-refractivity contribution >= 4 is 0 Å². The fourth-order valence-corrected chi connectivity index (χ4v) is 1.21. The van der Waals surface area contributed by atoms with Gasteiger partial charge in [0.15, 0.2) is 11.6 Å². The van der Waals surface area contributed by atoms with Gasteiger partial charge in [-0.25, -0.2) is 0 Å². The maximum absolute atomic E-state index is 8.97. The molecule has 14 heavy (non-hydrogen) atoms. The Labute approximate surface area is 80.8 Å². The predicted octanol–water partition coefficient (Wildman–Crippen LogP) is -0.0240. The van der Waals surface area contributed by atoms with Crippen molar-refractivity contribution in [3.05, 3.63) is 24.4 Å². The zero-order valence-electron chi connectivity index (χ0n) is 7.83. The van der Waals surface area contributed by atoms with E-state index in [9.17, 15) is 0 Å². The van der Waals surface area contributed by atoms with Gasteiger partial charge >= 0.3 is 0 Å². The van der Waals surface area contributed by atoms with Crippen molar-refractivity contribution in [3.8, 4) is 5.82 Å². The van der Waals surface area contributed by atoms with Gasteiger partial charge in [0.1, 0.15) is 12.9 Å². The van der Waals surface area contributed by atoms with Gasteiger partial charge < -0.3 is 5.11 Å². The van der Waals surface area contributed by atoms with E-state index in [1.807, 2.05) is 19.2 Å². The van der Waals surface area contributed by atoms with Crippen LogP contribution >= 0.6 is 0 Å². The molecule has 1 N–H and O–H groups in total. The summed E-state index contributed by atoms with van der Waals surface area (Å²) in [5, 5.41) is 20.7. The second-order valence-electron chi connectivity index (χ2n) is 2.80. The zero-order chi connectivity index (χ0) is 9.97. The molecule has 0 aliphatic carbocycles. The van der Waals surface area contributed by atoms with Crippen LogP contribution in [-0.2, 0) is 13.2 Å². The van der Waals surface area contributed by atoms with Crippen LogP contribution in [0.3, 0.4) is 0 Å². The van der Waals surface area contributed by atoms with Gasteiger partial charge in [-0.05, 0) is 6.92 Å². The van der Waals surface area contributed by atoms with E-state index in [-0.39, 0.29) is 6.61 Å². The maximum Gasteiger partial charge on any atom is 0.164 e. The molecule has 0 radical (unpaired) electrons. The molecule has 0 bridgehead atoms. The van der Waals surface area contributed by atoms with Crippen LogP contribution in [0.4, 0.5) is 0 Å². The quantitative estimate of drug-likeness (QED) is 0.743. The van der Waals surface area contributed by atoms with Crippen LogP contribution in [0, 0.1) is 0 Å².